The molecule has 0 fully saturated rings. The average molecular weight is 340 g/mol. The van der Waals surface area contributed by atoms with Gasteiger partial charge < -0.3 is 15.4 Å². The van der Waals surface area contributed by atoms with Crippen molar-refractivity contribution in [1.82, 2.24) is 24.9 Å². The van der Waals surface area contributed by atoms with Crippen molar-refractivity contribution in [2.24, 2.45) is 0 Å². The minimum absolute atomic E-state index is 0.314. The maximum Gasteiger partial charge on any atom is 0.319 e. The molecule has 2 N–H and O–H groups in total. The molecule has 3 heterocycles. The van der Waals surface area contributed by atoms with E-state index in [0.29, 0.717) is 30.4 Å². The van der Waals surface area contributed by atoms with Gasteiger partial charge in [-0.15, -0.1) is 0 Å². The summed E-state index contributed by atoms with van der Waals surface area (Å²) in [4.78, 5) is 20.6. The monoisotopic (exact) mass is 340 g/mol. The highest BCUT2D eigenvalue weighted by atomic mass is 16.5. The van der Waals surface area contributed by atoms with Crippen molar-refractivity contribution in [2.45, 2.75) is 26.8 Å². The molecule has 3 aromatic heterocycles. The molecule has 8 nitrogen and oxygen atoms in total. The van der Waals surface area contributed by atoms with Crippen LogP contribution in [0.1, 0.15) is 24.5 Å². The first-order chi connectivity index (χ1) is 12.2. The molecule has 8 heteroatoms. The van der Waals surface area contributed by atoms with Crippen LogP contribution in [0.5, 0.6) is 5.88 Å². The zero-order valence-corrected chi connectivity index (χ0v) is 14.2. The number of aryl methyl sites for hydroxylation is 1. The van der Waals surface area contributed by atoms with Crippen LogP contribution in [0.3, 0.4) is 0 Å². The van der Waals surface area contributed by atoms with Crippen LogP contribution in [-0.4, -0.2) is 32.2 Å². The van der Waals surface area contributed by atoms with E-state index < -0.39 is 0 Å². The van der Waals surface area contributed by atoms with Crippen LogP contribution in [0, 0.1) is 6.92 Å². The normalized spacial score (nSPS) is 10.6. The zero-order valence-electron chi connectivity index (χ0n) is 14.2. The third kappa shape index (κ3) is 4.03. The molecule has 2 amide bonds. The predicted molar refractivity (Wildman–Crippen MR) is 93.6 cm³/mol. The number of nitrogens with zero attached hydrogens (tertiary/aromatic N) is 4. The molecule has 0 aliphatic heterocycles. The highest BCUT2D eigenvalue weighted by Gasteiger charge is 2.10. The Hall–Kier alpha value is -3.16. The molecule has 130 valence electrons. The molecule has 3 rings (SSSR count). The first-order valence-electron chi connectivity index (χ1n) is 8.09. The topological polar surface area (TPSA) is 93.4 Å². The van der Waals surface area contributed by atoms with Crippen molar-refractivity contribution in [2.75, 3.05) is 11.9 Å². The number of pyridine rings is 2. The van der Waals surface area contributed by atoms with E-state index in [1.807, 2.05) is 26.0 Å². The van der Waals surface area contributed by atoms with E-state index >= 15 is 0 Å². The van der Waals surface area contributed by atoms with Crippen molar-refractivity contribution in [3.63, 3.8) is 0 Å². The van der Waals surface area contributed by atoms with Crippen LogP contribution >= 0.6 is 0 Å². The van der Waals surface area contributed by atoms with E-state index in [1.54, 1.807) is 23.0 Å². The van der Waals surface area contributed by atoms with Crippen LogP contribution in [-0.2, 0) is 6.54 Å². The molecular formula is C17H20N6O2. The van der Waals surface area contributed by atoms with E-state index in [-0.39, 0.29) is 6.03 Å². The van der Waals surface area contributed by atoms with Gasteiger partial charge in [-0.3, -0.25) is 0 Å². The van der Waals surface area contributed by atoms with Crippen LogP contribution in [0.2, 0.25) is 0 Å². The highest BCUT2D eigenvalue weighted by Crippen LogP contribution is 2.19. The van der Waals surface area contributed by atoms with Gasteiger partial charge in [-0.05, 0) is 30.5 Å². The number of hydrogen-bond donors (Lipinski definition) is 2. The summed E-state index contributed by atoms with van der Waals surface area (Å²) in [5.74, 6) is 0.587. The fraction of sp³-hybridized carbons (Fsp3) is 0.294. The molecular weight excluding hydrogens is 320 g/mol. The first-order valence-corrected chi connectivity index (χ1v) is 8.09. The third-order valence-electron chi connectivity index (χ3n) is 3.60. The van der Waals surface area contributed by atoms with E-state index in [1.165, 1.54) is 6.33 Å². The lowest BCUT2D eigenvalue weighted by molar-refractivity contribution is 0.251. The van der Waals surface area contributed by atoms with Gasteiger partial charge in [-0.1, -0.05) is 13.0 Å². The second-order valence-corrected chi connectivity index (χ2v) is 5.56. The van der Waals surface area contributed by atoms with Gasteiger partial charge in [0, 0.05) is 25.0 Å². The van der Waals surface area contributed by atoms with E-state index in [2.05, 4.69) is 25.7 Å². The van der Waals surface area contributed by atoms with Crippen molar-refractivity contribution in [1.29, 1.82) is 0 Å². The van der Waals surface area contributed by atoms with Gasteiger partial charge >= 0.3 is 6.03 Å². The van der Waals surface area contributed by atoms with Crippen molar-refractivity contribution in [3.8, 4) is 5.88 Å². The molecule has 0 bridgehead atoms. The Kier molecular flexibility index (Phi) is 5.08. The molecule has 0 spiro atoms. The van der Waals surface area contributed by atoms with Gasteiger partial charge in [-0.25, -0.2) is 19.3 Å². The van der Waals surface area contributed by atoms with Gasteiger partial charge in [0.05, 0.1) is 12.3 Å². The smallest absolute Gasteiger partial charge is 0.319 e. The maximum atomic E-state index is 12.2. The molecule has 0 aromatic carbocycles. The number of amides is 2. The number of anilines is 1. The lowest BCUT2D eigenvalue weighted by atomic mass is 10.2. The average Bonchev–Trinajstić information content (AvgIpc) is 3.10. The second-order valence-electron chi connectivity index (χ2n) is 5.56. The number of ether oxygens (including phenoxy) is 1. The lowest BCUT2D eigenvalue weighted by Crippen LogP contribution is -2.28. The number of hydrogen-bond acceptors (Lipinski definition) is 5. The predicted octanol–water partition coefficient (Wildman–Crippen LogP) is 2.54. The molecule has 0 unspecified atom stereocenters. The molecule has 0 saturated heterocycles. The van der Waals surface area contributed by atoms with Crippen molar-refractivity contribution in [3.05, 3.63) is 48.0 Å². The van der Waals surface area contributed by atoms with E-state index in [9.17, 15) is 4.79 Å². The van der Waals surface area contributed by atoms with E-state index in [4.69, 9.17) is 4.74 Å². The SMILES string of the molecule is CCCOc1ccc(CNC(=O)Nc2c(C)ccn3ncnc23)cn1. The number of carbonyl (C=O) groups excluding carboxylic acids is 1. The Bertz CT molecular complexity index is 859. The summed E-state index contributed by atoms with van der Waals surface area (Å²) >= 11 is 0. The number of nitrogens with one attached hydrogen (secondary N) is 2. The summed E-state index contributed by atoms with van der Waals surface area (Å²) in [7, 11) is 0. The number of rotatable bonds is 6. The van der Waals surface area contributed by atoms with Gasteiger partial charge in [0.15, 0.2) is 5.65 Å². The van der Waals surface area contributed by atoms with E-state index in [0.717, 1.165) is 17.5 Å². The largest absolute Gasteiger partial charge is 0.478 e. The Morgan fingerprint density at radius 1 is 1.28 bits per heavy atom. The highest BCUT2D eigenvalue weighted by molar-refractivity contribution is 5.94. The summed E-state index contributed by atoms with van der Waals surface area (Å²) in [6, 6.07) is 5.23. The Morgan fingerprint density at radius 3 is 2.92 bits per heavy atom. The standard InChI is InChI=1S/C17H20N6O2/c1-3-8-25-14-5-4-13(9-18-14)10-19-17(24)22-15-12(2)6-7-23-16(15)20-11-21-23/h4-7,9,11H,3,8,10H2,1-2H3,(H2,19,22,24). The zero-order chi connectivity index (χ0) is 17.6. The number of carbonyl (C=O) groups is 1. The van der Waals surface area contributed by atoms with Gasteiger partial charge in [0.25, 0.3) is 0 Å². The van der Waals surface area contributed by atoms with Crippen LogP contribution in [0.4, 0.5) is 10.5 Å². The molecule has 3 aromatic rings. The van der Waals surface area contributed by atoms with Gasteiger partial charge in [0.1, 0.15) is 6.33 Å². The van der Waals surface area contributed by atoms with Gasteiger partial charge in [-0.2, -0.15) is 5.10 Å². The number of fused-ring (bicyclic) bond motifs is 1. The van der Waals surface area contributed by atoms with Crippen LogP contribution < -0.4 is 15.4 Å². The first kappa shape index (κ1) is 16.7. The van der Waals surface area contributed by atoms with Crippen molar-refractivity contribution < 1.29 is 9.53 Å². The fourth-order valence-corrected chi connectivity index (χ4v) is 2.28. The Balaban J connectivity index is 1.59. The molecule has 0 saturated carbocycles. The summed E-state index contributed by atoms with van der Waals surface area (Å²) in [5, 5.41) is 9.70. The number of urea groups is 1. The minimum atomic E-state index is -0.314. The number of aromatic nitrogens is 4. The quantitative estimate of drug-likeness (QED) is 0.719. The van der Waals surface area contributed by atoms with Gasteiger partial charge in [0.2, 0.25) is 5.88 Å². The van der Waals surface area contributed by atoms with Crippen LogP contribution in [0.15, 0.2) is 36.9 Å². The molecule has 0 aliphatic rings. The van der Waals surface area contributed by atoms with Crippen molar-refractivity contribution >= 4 is 17.4 Å². The summed E-state index contributed by atoms with van der Waals surface area (Å²) in [5.41, 5.74) is 3.04. The second kappa shape index (κ2) is 7.61. The summed E-state index contributed by atoms with van der Waals surface area (Å²) in [6.45, 7) is 4.95. The Labute approximate surface area is 145 Å². The molecule has 0 radical (unpaired) electrons. The summed E-state index contributed by atoms with van der Waals surface area (Å²) in [6.07, 6.45) is 5.87. The molecule has 0 aliphatic carbocycles. The Morgan fingerprint density at radius 2 is 2.16 bits per heavy atom. The fourth-order valence-electron chi connectivity index (χ4n) is 2.28. The molecule has 25 heavy (non-hydrogen) atoms. The lowest BCUT2D eigenvalue weighted by Gasteiger charge is -2.11. The maximum absolute atomic E-state index is 12.2. The molecule has 0 atom stereocenters. The minimum Gasteiger partial charge on any atom is -0.478 e. The van der Waals surface area contributed by atoms with Crippen LogP contribution in [0.25, 0.3) is 5.65 Å². The summed E-state index contributed by atoms with van der Waals surface area (Å²) < 4.78 is 7.05. The third-order valence-corrected chi connectivity index (χ3v) is 3.60.